The van der Waals surface area contributed by atoms with Gasteiger partial charge in [-0.25, -0.2) is 37.3 Å². The molecule has 0 unspecified atom stereocenters. The van der Waals surface area contributed by atoms with Crippen LogP contribution in [0.4, 0.5) is 22.7 Å². The van der Waals surface area contributed by atoms with E-state index in [-0.39, 0.29) is 142 Å². The zero-order chi connectivity index (χ0) is 49.2. The molecule has 30 heteroatoms. The van der Waals surface area contributed by atoms with E-state index in [1.165, 1.54) is 84.9 Å². The van der Waals surface area contributed by atoms with Crippen molar-refractivity contribution in [3.05, 3.63) is 131 Å². The smallest absolute Gasteiger partial charge is 0.744 e. The quantitative estimate of drug-likeness (QED) is 0.0228. The molecule has 4 aromatic carbocycles. The Morgan fingerprint density at radius 2 is 0.900 bits per heavy atom. The van der Waals surface area contributed by atoms with Gasteiger partial charge in [0.15, 0.2) is 11.7 Å². The molecule has 0 aliphatic carbocycles. The predicted molar refractivity (Wildman–Crippen MR) is 241 cm³/mol. The second-order valence-corrected chi connectivity index (χ2v) is 16.8. The van der Waals surface area contributed by atoms with Crippen molar-refractivity contribution in [2.45, 2.75) is 22.6 Å². The minimum Gasteiger partial charge on any atom is -0.744 e. The van der Waals surface area contributed by atoms with Crippen LogP contribution in [0.5, 0.6) is 0 Å². The van der Waals surface area contributed by atoms with Gasteiger partial charge in [-0.2, -0.15) is 0 Å². The Labute approximate surface area is 442 Å². The SMILES string of the molecule is O=C(O)CCNC1=NN(Nc2ccc(C=Cc3ccc(NN4N=C(NCCC(=O)O)C=C(Nc5ccc(C(=O)O)cc5)N4)cc3S(=O)(=O)[O-])c(S(=O)(=O)[O-])c2)NC(Nc2ccc(C(=O)O)cc2)=C1.[Na+].[Na+]. The summed E-state index contributed by atoms with van der Waals surface area (Å²) < 4.78 is 75.4. The molecule has 26 nitrogen and oxygen atoms in total. The number of amidine groups is 2. The average Bonchev–Trinajstić information content (AvgIpc) is 3.25. The summed E-state index contributed by atoms with van der Waals surface area (Å²) in [6.45, 7) is -0.0844. The van der Waals surface area contributed by atoms with Gasteiger partial charge < -0.3 is 50.8 Å². The second-order valence-electron chi connectivity index (χ2n) is 14.1. The number of carboxylic acid groups (broad SMARTS) is 4. The van der Waals surface area contributed by atoms with E-state index in [0.717, 1.165) is 34.7 Å². The normalized spacial score (nSPS) is 13.3. The third-order valence-electron chi connectivity index (χ3n) is 9.02. The Morgan fingerprint density at radius 1 is 0.557 bits per heavy atom. The molecule has 6 rings (SSSR count). The Hall–Kier alpha value is -6.86. The van der Waals surface area contributed by atoms with E-state index in [9.17, 15) is 55.3 Å². The van der Waals surface area contributed by atoms with Gasteiger partial charge >= 0.3 is 83.0 Å². The molecule has 2 aliphatic heterocycles. The van der Waals surface area contributed by atoms with Crippen molar-refractivity contribution in [1.29, 1.82) is 0 Å². The molecule has 0 saturated heterocycles. The maximum atomic E-state index is 12.6. The van der Waals surface area contributed by atoms with E-state index in [0.29, 0.717) is 11.4 Å². The summed E-state index contributed by atoms with van der Waals surface area (Å²) in [5.74, 6) is -3.75. The van der Waals surface area contributed by atoms with Crippen molar-refractivity contribution >= 4 is 90.7 Å². The fraction of sp³-hybridized carbons (Fsp3) is 0.100. The van der Waals surface area contributed by atoms with E-state index in [2.05, 4.69) is 53.2 Å². The summed E-state index contributed by atoms with van der Waals surface area (Å²) in [7, 11) is -10.5. The topological polar surface area (TPSA) is 391 Å². The number of nitrogens with one attached hydrogen (secondary N) is 8. The number of anilines is 4. The Bertz CT molecular complexity index is 2810. The first kappa shape index (κ1) is 55.7. The van der Waals surface area contributed by atoms with Gasteiger partial charge in [0.1, 0.15) is 31.9 Å². The van der Waals surface area contributed by atoms with Crippen LogP contribution in [-0.2, 0) is 29.8 Å². The standard InChI is InChI=1S/C40H40N12O14S2.2Na/c53-37(54)15-17-41-33-21-35(43-27-9-5-25(6-10-27)39(57)58)49-51(47-33)45-29-13-3-23(31(19-29)67(61,62)63)1-2-24-4-14-30(20-32(24)68(64,65)66)46-52-48-34(42-18-16-38(55)56)22-36(50-52)44-28-11-7-26(8-12-28)40(59)60;;/h1-14,19-22,43-46,49-50H,15-18H2,(H,41,47)(H,42,48)(H,53,54)(H,55,56)(H,57,58)(H,59,60)(H,61,62,63)(H,64,65,66);;/q;2*+1/p-2. The zero-order valence-corrected chi connectivity index (χ0v) is 42.3. The number of benzene rings is 4. The third-order valence-corrected chi connectivity index (χ3v) is 10.8. The summed E-state index contributed by atoms with van der Waals surface area (Å²) >= 11 is 0. The van der Waals surface area contributed by atoms with Crippen LogP contribution in [-0.4, -0.2) is 105 Å². The van der Waals surface area contributed by atoms with Crippen molar-refractivity contribution in [3.63, 3.8) is 0 Å². The molecule has 0 saturated carbocycles. The molecule has 0 fully saturated rings. The van der Waals surface area contributed by atoms with Crippen molar-refractivity contribution in [3.8, 4) is 0 Å². The number of nitrogens with zero attached hydrogens (tertiary/aromatic N) is 4. The van der Waals surface area contributed by atoms with Gasteiger partial charge in [0.25, 0.3) is 0 Å². The Morgan fingerprint density at radius 3 is 1.21 bits per heavy atom. The van der Waals surface area contributed by atoms with E-state index in [1.54, 1.807) is 0 Å². The van der Waals surface area contributed by atoms with E-state index in [1.807, 2.05) is 0 Å². The minimum atomic E-state index is -5.23. The first-order chi connectivity index (χ1) is 32.2. The van der Waals surface area contributed by atoms with Gasteiger partial charge in [-0.1, -0.05) is 24.3 Å². The van der Waals surface area contributed by atoms with Crippen LogP contribution in [0, 0.1) is 0 Å². The van der Waals surface area contributed by atoms with Crippen molar-refractivity contribution < 1.29 is 125 Å². The van der Waals surface area contributed by atoms with E-state index < -0.39 is 53.9 Å². The summed E-state index contributed by atoms with van der Waals surface area (Å²) in [6, 6.07) is 18.4. The predicted octanol–water partition coefficient (Wildman–Crippen LogP) is -3.97. The number of aromatic carboxylic acids is 2. The molecule has 0 aromatic heterocycles. The number of rotatable bonds is 20. The van der Waals surface area contributed by atoms with Crippen LogP contribution < -0.4 is 102 Å². The fourth-order valence-corrected chi connectivity index (χ4v) is 7.33. The number of carboxylic acids is 4. The van der Waals surface area contributed by atoms with Crippen LogP contribution in [0.25, 0.3) is 12.2 Å². The maximum Gasteiger partial charge on any atom is 1.00 e. The molecule has 0 spiro atoms. The Kier molecular flexibility index (Phi) is 19.6. The van der Waals surface area contributed by atoms with Crippen LogP contribution in [0.2, 0.25) is 0 Å². The Balaban J connectivity index is 0.00000533. The first-order valence-corrected chi connectivity index (χ1v) is 22.3. The molecule has 0 radical (unpaired) electrons. The maximum absolute atomic E-state index is 12.6. The van der Waals surface area contributed by atoms with Crippen molar-refractivity contribution in [2.24, 2.45) is 10.2 Å². The van der Waals surface area contributed by atoms with Crippen LogP contribution in [0.1, 0.15) is 44.7 Å². The van der Waals surface area contributed by atoms with Crippen LogP contribution in [0.3, 0.4) is 0 Å². The second kappa shape index (κ2) is 24.6. The van der Waals surface area contributed by atoms with Gasteiger partial charge in [0.05, 0.1) is 45.1 Å². The molecule has 70 heavy (non-hydrogen) atoms. The van der Waals surface area contributed by atoms with Crippen molar-refractivity contribution in [1.82, 2.24) is 31.9 Å². The molecule has 12 N–H and O–H groups in total. The number of aliphatic carboxylic acids is 2. The van der Waals surface area contributed by atoms with Gasteiger partial charge in [-0.3, -0.25) is 20.4 Å². The van der Waals surface area contributed by atoms with Crippen LogP contribution >= 0.6 is 0 Å². The molecule has 0 atom stereocenters. The van der Waals surface area contributed by atoms with Gasteiger partial charge in [-0.05, 0) is 83.9 Å². The largest absolute Gasteiger partial charge is 1.00 e. The molecule has 2 aliphatic rings. The number of carbonyl (C=O) groups is 4. The molecule has 356 valence electrons. The van der Waals surface area contributed by atoms with E-state index >= 15 is 0 Å². The number of hydrazine groups is 4. The molecule has 4 aromatic rings. The number of hydrogen-bond acceptors (Lipinski definition) is 22. The molecule has 0 amide bonds. The summed E-state index contributed by atoms with van der Waals surface area (Å²) in [4.78, 5) is 43.3. The molecule has 0 bridgehead atoms. The first-order valence-electron chi connectivity index (χ1n) is 19.5. The zero-order valence-electron chi connectivity index (χ0n) is 36.7. The minimum absolute atomic E-state index is 0. The summed E-state index contributed by atoms with van der Waals surface area (Å²) in [5, 5.41) is 58.8. The van der Waals surface area contributed by atoms with Gasteiger partial charge in [-0.15, -0.1) is 20.7 Å². The summed E-state index contributed by atoms with van der Waals surface area (Å²) in [6.07, 6.45) is 4.59. The fourth-order valence-electron chi connectivity index (χ4n) is 5.93. The van der Waals surface area contributed by atoms with Crippen LogP contribution in [0.15, 0.2) is 129 Å². The van der Waals surface area contributed by atoms with Gasteiger partial charge in [0, 0.05) is 36.6 Å². The third kappa shape index (κ3) is 16.4. The monoisotopic (exact) mass is 1020 g/mol. The average molecular weight is 1020 g/mol. The van der Waals surface area contributed by atoms with Crippen molar-refractivity contribution in [2.75, 3.05) is 34.6 Å². The molecular formula is C40H38N12Na2O14S2. The summed E-state index contributed by atoms with van der Waals surface area (Å²) in [5.41, 5.74) is 11.7. The molecular weight excluding hydrogens is 983 g/mol. The molecule has 2 heterocycles. The van der Waals surface area contributed by atoms with Gasteiger partial charge in [0.2, 0.25) is 0 Å². The number of hydrogen-bond donors (Lipinski definition) is 12. The van der Waals surface area contributed by atoms with E-state index in [4.69, 9.17) is 10.2 Å². The number of hydrazone groups is 2.